The third kappa shape index (κ3) is 3.18. The first-order valence-corrected chi connectivity index (χ1v) is 9.73. The molecular weight excluding hydrogens is 391 g/mol. The van der Waals surface area contributed by atoms with Gasteiger partial charge in [-0.2, -0.15) is 5.26 Å². The SMILES string of the molecule is CCN1C(=O)C(C#N)=C(C)/C(=C/c2cc3oc(-c4ccc(F)cc4)cc3s2)C1=O. The van der Waals surface area contributed by atoms with Crippen LogP contribution < -0.4 is 0 Å². The van der Waals surface area contributed by atoms with Crippen LogP contribution in [0.5, 0.6) is 0 Å². The van der Waals surface area contributed by atoms with Crippen LogP contribution in [0, 0.1) is 17.1 Å². The molecule has 0 saturated heterocycles. The van der Waals surface area contributed by atoms with E-state index in [-0.39, 0.29) is 17.9 Å². The van der Waals surface area contributed by atoms with Gasteiger partial charge in [0.2, 0.25) is 0 Å². The molecular formula is C22H15FN2O3S. The molecule has 7 heteroatoms. The van der Waals surface area contributed by atoms with Gasteiger partial charge < -0.3 is 4.42 Å². The van der Waals surface area contributed by atoms with Crippen molar-refractivity contribution in [3.8, 4) is 17.4 Å². The molecule has 1 aliphatic heterocycles. The maximum Gasteiger partial charge on any atom is 0.271 e. The number of furan rings is 1. The highest BCUT2D eigenvalue weighted by atomic mass is 32.1. The van der Waals surface area contributed by atoms with Crippen LogP contribution in [0.4, 0.5) is 4.39 Å². The Hall–Kier alpha value is -3.50. The van der Waals surface area contributed by atoms with Gasteiger partial charge >= 0.3 is 0 Å². The van der Waals surface area contributed by atoms with Gasteiger partial charge in [0, 0.05) is 28.6 Å². The lowest BCUT2D eigenvalue weighted by Crippen LogP contribution is -2.42. The second-order valence-corrected chi connectivity index (χ2v) is 7.63. The molecule has 0 aliphatic carbocycles. The predicted octanol–water partition coefficient (Wildman–Crippen LogP) is 4.91. The average Bonchev–Trinajstić information content (AvgIpc) is 3.25. The Labute approximate surface area is 170 Å². The number of imide groups is 1. The molecule has 1 aromatic carbocycles. The highest BCUT2D eigenvalue weighted by molar-refractivity contribution is 7.19. The molecule has 144 valence electrons. The first kappa shape index (κ1) is 18.8. The smallest absolute Gasteiger partial charge is 0.271 e. The van der Waals surface area contributed by atoms with Crippen LogP contribution in [-0.2, 0) is 9.59 Å². The zero-order chi connectivity index (χ0) is 20.7. The van der Waals surface area contributed by atoms with E-state index in [0.29, 0.717) is 22.5 Å². The van der Waals surface area contributed by atoms with Gasteiger partial charge in [-0.1, -0.05) is 0 Å². The van der Waals surface area contributed by atoms with Crippen LogP contribution >= 0.6 is 11.3 Å². The molecule has 3 aromatic rings. The van der Waals surface area contributed by atoms with Gasteiger partial charge in [0.25, 0.3) is 11.8 Å². The maximum atomic E-state index is 13.1. The van der Waals surface area contributed by atoms with Gasteiger partial charge in [-0.25, -0.2) is 4.39 Å². The second kappa shape index (κ2) is 7.15. The van der Waals surface area contributed by atoms with Crippen molar-refractivity contribution in [2.24, 2.45) is 0 Å². The van der Waals surface area contributed by atoms with Crippen molar-refractivity contribution in [2.75, 3.05) is 6.54 Å². The lowest BCUT2D eigenvalue weighted by molar-refractivity contribution is -0.140. The quantitative estimate of drug-likeness (QED) is 0.457. The molecule has 0 N–H and O–H groups in total. The zero-order valence-corrected chi connectivity index (χ0v) is 16.5. The number of carbonyl (C=O) groups excluding carboxylic acids is 2. The Morgan fingerprint density at radius 3 is 2.55 bits per heavy atom. The monoisotopic (exact) mass is 406 g/mol. The van der Waals surface area contributed by atoms with Crippen molar-refractivity contribution >= 4 is 39.5 Å². The molecule has 0 radical (unpaired) electrons. The zero-order valence-electron chi connectivity index (χ0n) is 15.7. The lowest BCUT2D eigenvalue weighted by atomic mass is 9.95. The second-order valence-electron chi connectivity index (χ2n) is 6.52. The number of carbonyl (C=O) groups is 2. The Bertz CT molecular complexity index is 1220. The van der Waals surface area contributed by atoms with Crippen LogP contribution in [0.3, 0.4) is 0 Å². The minimum atomic E-state index is -0.557. The van der Waals surface area contributed by atoms with Crippen LogP contribution in [0.25, 0.3) is 27.7 Å². The number of thiophene rings is 1. The Morgan fingerprint density at radius 2 is 1.93 bits per heavy atom. The summed E-state index contributed by atoms with van der Waals surface area (Å²) in [5.74, 6) is -0.651. The summed E-state index contributed by atoms with van der Waals surface area (Å²) >= 11 is 1.43. The van der Waals surface area contributed by atoms with Crippen LogP contribution in [0.15, 0.2) is 57.5 Å². The molecule has 2 amide bonds. The van der Waals surface area contributed by atoms with Crippen molar-refractivity contribution in [3.63, 3.8) is 0 Å². The van der Waals surface area contributed by atoms with Gasteiger partial charge in [0.1, 0.15) is 28.8 Å². The number of likely N-dealkylation sites (N-methyl/N-ethyl adjacent to an activating group) is 1. The number of nitriles is 1. The molecule has 3 heterocycles. The predicted molar refractivity (Wildman–Crippen MR) is 108 cm³/mol. The summed E-state index contributed by atoms with van der Waals surface area (Å²) in [7, 11) is 0. The molecule has 0 spiro atoms. The van der Waals surface area contributed by atoms with Gasteiger partial charge in [-0.3, -0.25) is 14.5 Å². The third-order valence-electron chi connectivity index (χ3n) is 4.78. The van der Waals surface area contributed by atoms with Crippen molar-refractivity contribution in [1.82, 2.24) is 4.90 Å². The average molecular weight is 406 g/mol. The topological polar surface area (TPSA) is 74.3 Å². The van der Waals surface area contributed by atoms with Gasteiger partial charge in [-0.15, -0.1) is 11.3 Å². The Kier molecular flexibility index (Phi) is 4.65. The number of fused-ring (bicyclic) bond motifs is 1. The van der Waals surface area contributed by atoms with Crippen molar-refractivity contribution < 1.29 is 18.4 Å². The number of benzene rings is 1. The summed E-state index contributed by atoms with van der Waals surface area (Å²) in [6, 6.07) is 11.6. The van der Waals surface area contributed by atoms with Gasteiger partial charge in [0.15, 0.2) is 0 Å². The molecule has 29 heavy (non-hydrogen) atoms. The summed E-state index contributed by atoms with van der Waals surface area (Å²) in [6.07, 6.45) is 1.68. The van der Waals surface area contributed by atoms with E-state index in [1.807, 2.05) is 12.1 Å². The maximum absolute atomic E-state index is 13.1. The van der Waals surface area contributed by atoms with E-state index in [0.717, 1.165) is 20.0 Å². The fourth-order valence-electron chi connectivity index (χ4n) is 3.24. The number of rotatable bonds is 3. The number of amides is 2. The van der Waals surface area contributed by atoms with Crippen molar-refractivity contribution in [2.45, 2.75) is 13.8 Å². The highest BCUT2D eigenvalue weighted by Gasteiger charge is 2.34. The minimum absolute atomic E-state index is 0.0171. The van der Waals surface area contributed by atoms with Gasteiger partial charge in [-0.05, 0) is 55.8 Å². The van der Waals surface area contributed by atoms with Crippen LogP contribution in [0.2, 0.25) is 0 Å². The normalized spacial score (nSPS) is 16.2. The highest BCUT2D eigenvalue weighted by Crippen LogP contribution is 2.36. The lowest BCUT2D eigenvalue weighted by Gasteiger charge is -2.26. The van der Waals surface area contributed by atoms with Crippen molar-refractivity contribution in [1.29, 1.82) is 5.26 Å². The summed E-state index contributed by atoms with van der Waals surface area (Å²) < 4.78 is 19.8. The molecule has 0 saturated carbocycles. The summed E-state index contributed by atoms with van der Waals surface area (Å²) in [4.78, 5) is 26.8. The standard InChI is InChI=1S/C22H15FN2O3S/c1-3-25-21(26)16(12(2)17(11-24)22(25)27)8-15-9-19-20(29-15)10-18(28-19)13-4-6-14(23)7-5-13/h4-10H,3H2,1-2H3/b16-8-. The summed E-state index contributed by atoms with van der Waals surface area (Å²) in [5, 5.41) is 9.32. The van der Waals surface area contributed by atoms with E-state index in [9.17, 15) is 19.2 Å². The van der Waals surface area contributed by atoms with E-state index in [2.05, 4.69) is 0 Å². The molecule has 4 rings (SSSR count). The molecule has 0 bridgehead atoms. The first-order valence-electron chi connectivity index (χ1n) is 8.91. The van der Waals surface area contributed by atoms with E-state index >= 15 is 0 Å². The minimum Gasteiger partial charge on any atom is -0.455 e. The van der Waals surface area contributed by atoms with E-state index in [1.54, 1.807) is 38.1 Å². The molecule has 2 aromatic heterocycles. The van der Waals surface area contributed by atoms with Crippen molar-refractivity contribution in [3.05, 3.63) is 63.8 Å². The molecule has 0 unspecified atom stereocenters. The van der Waals surface area contributed by atoms with Crippen LogP contribution in [-0.4, -0.2) is 23.3 Å². The fourth-order valence-corrected chi connectivity index (χ4v) is 4.20. The Balaban J connectivity index is 1.74. The molecule has 1 aliphatic rings. The third-order valence-corrected chi connectivity index (χ3v) is 5.79. The van der Waals surface area contributed by atoms with Crippen LogP contribution in [0.1, 0.15) is 18.7 Å². The van der Waals surface area contributed by atoms with E-state index < -0.39 is 11.8 Å². The molecule has 0 fully saturated rings. The van der Waals surface area contributed by atoms with Gasteiger partial charge in [0.05, 0.1) is 4.70 Å². The number of nitrogens with zero attached hydrogens (tertiary/aromatic N) is 2. The summed E-state index contributed by atoms with van der Waals surface area (Å²) in [6.45, 7) is 3.50. The molecule has 0 atom stereocenters. The fraction of sp³-hybridized carbons (Fsp3) is 0.136. The number of hydrogen-bond acceptors (Lipinski definition) is 5. The number of hydrogen-bond donors (Lipinski definition) is 0. The largest absolute Gasteiger partial charge is 0.455 e. The van der Waals surface area contributed by atoms with E-state index in [4.69, 9.17) is 4.42 Å². The summed E-state index contributed by atoms with van der Waals surface area (Å²) in [5.41, 5.74) is 2.10. The Morgan fingerprint density at radius 1 is 1.21 bits per heavy atom. The van der Waals surface area contributed by atoms with E-state index in [1.165, 1.54) is 23.5 Å². The first-order chi connectivity index (χ1) is 13.9. The molecule has 5 nitrogen and oxygen atoms in total. The number of halogens is 1.